The molecule has 5 nitrogen and oxygen atoms in total. The van der Waals surface area contributed by atoms with Crippen LogP contribution in [0.3, 0.4) is 0 Å². The minimum atomic E-state index is 0.602. The third-order valence-corrected chi connectivity index (χ3v) is 17.4. The molecule has 5 aromatic heterocycles. The molecule has 0 bridgehead atoms. The number of benzene rings is 11. The van der Waals surface area contributed by atoms with Crippen molar-refractivity contribution >= 4 is 107 Å². The van der Waals surface area contributed by atoms with Gasteiger partial charge in [0, 0.05) is 89.7 Å². The molecule has 0 aliphatic rings. The van der Waals surface area contributed by atoms with Crippen LogP contribution < -0.4 is 0 Å². The fourth-order valence-electron chi connectivity index (χ4n) is 11.8. The first-order valence-corrected chi connectivity index (χ1v) is 27.2. The number of thiophene rings is 2. The van der Waals surface area contributed by atoms with Crippen LogP contribution in [0.2, 0.25) is 0 Å². The lowest BCUT2D eigenvalue weighted by Crippen LogP contribution is -2.04. The highest BCUT2D eigenvalue weighted by atomic mass is 32.1. The lowest BCUT2D eigenvalue weighted by Gasteiger charge is -2.21. The van der Waals surface area contributed by atoms with Gasteiger partial charge in [-0.2, -0.15) is 0 Å². The zero-order chi connectivity index (χ0) is 49.8. The van der Waals surface area contributed by atoms with Crippen LogP contribution in [0.5, 0.6) is 0 Å². The second-order valence-corrected chi connectivity index (χ2v) is 21.6. The maximum Gasteiger partial charge on any atom is 0.164 e. The van der Waals surface area contributed by atoms with E-state index in [1.54, 1.807) is 22.7 Å². The molecule has 0 aliphatic heterocycles. The Morgan fingerprint density at radius 2 is 0.671 bits per heavy atom. The van der Waals surface area contributed by atoms with Crippen molar-refractivity contribution in [2.75, 3.05) is 0 Å². The van der Waals surface area contributed by atoms with Crippen molar-refractivity contribution in [2.45, 2.75) is 0 Å². The van der Waals surface area contributed by atoms with E-state index in [1.165, 1.54) is 72.9 Å². The molecule has 0 saturated carbocycles. The number of rotatable bonds is 7. The van der Waals surface area contributed by atoms with Crippen molar-refractivity contribution in [3.63, 3.8) is 0 Å². The molecule has 5 heterocycles. The second kappa shape index (κ2) is 17.0. The number of hydrogen-bond donors (Lipinski definition) is 0. The van der Waals surface area contributed by atoms with E-state index in [0.717, 1.165) is 61.4 Å². The van der Waals surface area contributed by atoms with Crippen molar-refractivity contribution in [3.8, 4) is 67.8 Å². The van der Waals surface area contributed by atoms with Gasteiger partial charge in [-0.15, -0.1) is 22.7 Å². The summed E-state index contributed by atoms with van der Waals surface area (Å²) < 4.78 is 9.87. The minimum Gasteiger partial charge on any atom is -0.309 e. The summed E-state index contributed by atoms with van der Waals surface area (Å²) in [7, 11) is 0. The highest BCUT2D eigenvalue weighted by Crippen LogP contribution is 2.47. The predicted molar refractivity (Wildman–Crippen MR) is 321 cm³/mol. The van der Waals surface area contributed by atoms with Crippen molar-refractivity contribution in [3.05, 3.63) is 249 Å². The molecule has 0 aliphatic carbocycles. The number of nitrogens with zero attached hydrogens (tertiary/aromatic N) is 5. The van der Waals surface area contributed by atoms with E-state index >= 15 is 0 Å². The number of para-hydroxylation sites is 3. The quantitative estimate of drug-likeness (QED) is 0.160. The Balaban J connectivity index is 0.979. The van der Waals surface area contributed by atoms with Crippen LogP contribution in [0, 0.1) is 0 Å². The third-order valence-electron chi connectivity index (χ3n) is 15.2. The van der Waals surface area contributed by atoms with Gasteiger partial charge in [0.25, 0.3) is 0 Å². The van der Waals surface area contributed by atoms with Crippen LogP contribution in [0.15, 0.2) is 249 Å². The third kappa shape index (κ3) is 6.66. The van der Waals surface area contributed by atoms with E-state index in [2.05, 4.69) is 258 Å². The van der Waals surface area contributed by atoms with Gasteiger partial charge in [0.15, 0.2) is 17.5 Å². The Kier molecular flexibility index (Phi) is 9.61. The van der Waals surface area contributed by atoms with Gasteiger partial charge in [-0.25, -0.2) is 15.0 Å². The molecule has 0 spiro atoms. The fraction of sp³-hybridized carbons (Fsp3) is 0. The normalized spacial score (nSPS) is 11.9. The zero-order valence-electron chi connectivity index (χ0n) is 40.7. The van der Waals surface area contributed by atoms with Gasteiger partial charge < -0.3 is 9.13 Å². The molecule has 76 heavy (non-hydrogen) atoms. The summed E-state index contributed by atoms with van der Waals surface area (Å²) >= 11 is 3.61. The van der Waals surface area contributed by atoms with Crippen LogP contribution in [0.25, 0.3) is 152 Å². The first-order valence-electron chi connectivity index (χ1n) is 25.6. The van der Waals surface area contributed by atoms with Crippen molar-refractivity contribution in [1.82, 2.24) is 24.1 Å². The molecule has 0 fully saturated rings. The van der Waals surface area contributed by atoms with Crippen molar-refractivity contribution < 1.29 is 0 Å². The van der Waals surface area contributed by atoms with E-state index in [0.29, 0.717) is 17.5 Å². The molecular formula is C69H41N5S2. The van der Waals surface area contributed by atoms with Gasteiger partial charge in [-0.1, -0.05) is 182 Å². The summed E-state index contributed by atoms with van der Waals surface area (Å²) in [6.45, 7) is 0. The van der Waals surface area contributed by atoms with Gasteiger partial charge in [-0.05, 0) is 77.9 Å². The molecule has 354 valence electrons. The molecule has 7 heteroatoms. The Labute approximate surface area is 444 Å². The maximum atomic E-state index is 5.48. The first-order chi connectivity index (χ1) is 37.7. The number of aromatic nitrogens is 5. The summed E-state index contributed by atoms with van der Waals surface area (Å²) in [5.74, 6) is 1.86. The first kappa shape index (κ1) is 42.9. The molecule has 16 aromatic rings. The lowest BCUT2D eigenvalue weighted by atomic mass is 9.92. The standard InChI is InChI=1S/C69H41N5S2/c1-3-18-42(19-4-1)54-38-46(69-71-67(44-34-36-51-49-24-10-15-32-61(49)75-63(51)40-44)70-68(72-69)45-35-37-52-50-25-11-16-33-62(50)76-64(52)41-45)39-55(43-20-5-2-6-21-43)66(54)74-58-29-14-9-26-53(58)65-59(30-17-31-60(65)74)73-56-27-12-7-22-47(56)48-23-8-13-28-57(48)73/h1-41H. The van der Waals surface area contributed by atoms with E-state index in [9.17, 15) is 0 Å². The molecule has 0 amide bonds. The Morgan fingerprint density at radius 1 is 0.263 bits per heavy atom. The highest BCUT2D eigenvalue weighted by molar-refractivity contribution is 7.26. The van der Waals surface area contributed by atoms with Gasteiger partial charge >= 0.3 is 0 Å². The molecule has 16 rings (SSSR count). The number of fused-ring (bicyclic) bond motifs is 12. The predicted octanol–water partition coefficient (Wildman–Crippen LogP) is 19.1. The van der Waals surface area contributed by atoms with Gasteiger partial charge in [0.05, 0.1) is 33.4 Å². The molecule has 0 saturated heterocycles. The molecular weight excluding hydrogens is 963 g/mol. The molecule has 0 atom stereocenters. The SMILES string of the molecule is c1ccc(-c2cc(-c3nc(-c4ccc5c(c4)sc4ccccc45)nc(-c4ccc5c(c4)sc4ccccc45)n3)cc(-c3ccccc3)c2-n2c3ccccc3c3c(-n4c5ccccc5c5ccccc54)cccc32)cc1. The molecule has 11 aromatic carbocycles. The van der Waals surface area contributed by atoms with E-state index in [-0.39, 0.29) is 0 Å². The van der Waals surface area contributed by atoms with Crippen molar-refractivity contribution in [2.24, 2.45) is 0 Å². The van der Waals surface area contributed by atoms with Crippen LogP contribution >= 0.6 is 22.7 Å². The van der Waals surface area contributed by atoms with E-state index < -0.39 is 0 Å². The van der Waals surface area contributed by atoms with Crippen LogP contribution in [0.1, 0.15) is 0 Å². The Bertz CT molecular complexity index is 4760. The molecule has 0 unspecified atom stereocenters. The van der Waals surface area contributed by atoms with Gasteiger partial charge in [-0.3, -0.25) is 0 Å². The largest absolute Gasteiger partial charge is 0.309 e. The minimum absolute atomic E-state index is 0.602. The summed E-state index contributed by atoms with van der Waals surface area (Å²) in [5, 5.41) is 9.82. The van der Waals surface area contributed by atoms with Gasteiger partial charge in [0.1, 0.15) is 0 Å². The second-order valence-electron chi connectivity index (χ2n) is 19.5. The summed E-state index contributed by atoms with van der Waals surface area (Å²) in [4.78, 5) is 16.3. The summed E-state index contributed by atoms with van der Waals surface area (Å²) in [6, 6.07) is 90.0. The zero-order valence-corrected chi connectivity index (χ0v) is 42.4. The summed E-state index contributed by atoms with van der Waals surface area (Å²) in [6.07, 6.45) is 0. The fourth-order valence-corrected chi connectivity index (χ4v) is 14.1. The van der Waals surface area contributed by atoms with Gasteiger partial charge in [0.2, 0.25) is 0 Å². The van der Waals surface area contributed by atoms with Crippen molar-refractivity contribution in [1.29, 1.82) is 0 Å². The summed E-state index contributed by atoms with van der Waals surface area (Å²) in [5.41, 5.74) is 13.9. The average molecular weight is 1000 g/mol. The average Bonchev–Trinajstić information content (AvgIpc) is 4.34. The smallest absolute Gasteiger partial charge is 0.164 e. The monoisotopic (exact) mass is 1000 g/mol. The molecule has 0 N–H and O–H groups in total. The van der Waals surface area contributed by atoms with Crippen LogP contribution in [-0.2, 0) is 0 Å². The topological polar surface area (TPSA) is 48.5 Å². The Morgan fingerprint density at radius 3 is 1.20 bits per heavy atom. The highest BCUT2D eigenvalue weighted by Gasteiger charge is 2.25. The van der Waals surface area contributed by atoms with E-state index in [4.69, 9.17) is 15.0 Å². The van der Waals surface area contributed by atoms with Crippen LogP contribution in [0.4, 0.5) is 0 Å². The Hall–Kier alpha value is -9.53. The van der Waals surface area contributed by atoms with Crippen LogP contribution in [-0.4, -0.2) is 24.1 Å². The molecule has 0 radical (unpaired) electrons. The van der Waals surface area contributed by atoms with E-state index in [1.807, 2.05) is 0 Å². The number of hydrogen-bond acceptors (Lipinski definition) is 5. The lowest BCUT2D eigenvalue weighted by molar-refractivity contribution is 1.07. The maximum absolute atomic E-state index is 5.48.